The largest absolute Gasteiger partial charge is 0.359 e. The molecular formula is C21H24N6O2. The molecule has 4 rings (SSSR count). The van der Waals surface area contributed by atoms with Gasteiger partial charge in [0.15, 0.2) is 11.6 Å². The minimum absolute atomic E-state index is 0.153. The Kier molecular flexibility index (Phi) is 5.24. The molecule has 8 nitrogen and oxygen atoms in total. The van der Waals surface area contributed by atoms with E-state index in [1.54, 1.807) is 0 Å². The number of amides is 1. The monoisotopic (exact) mass is 392 g/mol. The van der Waals surface area contributed by atoms with Gasteiger partial charge in [-0.15, -0.1) is 0 Å². The molecule has 29 heavy (non-hydrogen) atoms. The van der Waals surface area contributed by atoms with E-state index < -0.39 is 0 Å². The van der Waals surface area contributed by atoms with Gasteiger partial charge in [-0.05, 0) is 6.42 Å². The second-order valence-corrected chi connectivity index (χ2v) is 7.45. The van der Waals surface area contributed by atoms with Crippen molar-refractivity contribution in [2.24, 2.45) is 0 Å². The molecule has 0 spiro atoms. The van der Waals surface area contributed by atoms with Gasteiger partial charge in [0.1, 0.15) is 11.5 Å². The first-order valence-electron chi connectivity index (χ1n) is 9.81. The first-order valence-corrected chi connectivity index (χ1v) is 9.81. The fourth-order valence-electron chi connectivity index (χ4n) is 3.28. The summed E-state index contributed by atoms with van der Waals surface area (Å²) in [4.78, 5) is 28.3. The maximum Gasteiger partial charge on any atom is 0.270 e. The molecule has 0 unspecified atom stereocenters. The molecule has 8 heteroatoms. The van der Waals surface area contributed by atoms with Crippen LogP contribution in [0.4, 0.5) is 5.82 Å². The van der Waals surface area contributed by atoms with E-state index in [9.17, 15) is 4.79 Å². The Morgan fingerprint density at radius 1 is 1.17 bits per heavy atom. The Balaban J connectivity index is 1.64. The number of carbonyl (C=O) groups excluding carboxylic acids is 1. The number of rotatable bonds is 6. The third-order valence-corrected chi connectivity index (χ3v) is 4.90. The van der Waals surface area contributed by atoms with Crippen LogP contribution in [0.25, 0.3) is 11.4 Å². The number of anilines is 1. The first kappa shape index (κ1) is 19.0. The molecular weight excluding hydrogens is 368 g/mol. The summed E-state index contributed by atoms with van der Waals surface area (Å²) in [5.41, 5.74) is 2.21. The maximum absolute atomic E-state index is 12.4. The van der Waals surface area contributed by atoms with E-state index in [4.69, 9.17) is 9.51 Å². The highest BCUT2D eigenvalue weighted by molar-refractivity contribution is 5.96. The van der Waals surface area contributed by atoms with E-state index in [0.29, 0.717) is 49.2 Å². The van der Waals surface area contributed by atoms with Crippen LogP contribution < -0.4 is 10.2 Å². The van der Waals surface area contributed by atoms with Crippen LogP contribution in [0.1, 0.15) is 47.5 Å². The van der Waals surface area contributed by atoms with E-state index in [-0.39, 0.29) is 11.8 Å². The van der Waals surface area contributed by atoms with Gasteiger partial charge in [-0.1, -0.05) is 49.3 Å². The lowest BCUT2D eigenvalue weighted by atomic mass is 10.0. The van der Waals surface area contributed by atoms with Crippen LogP contribution in [0.2, 0.25) is 0 Å². The zero-order chi connectivity index (χ0) is 20.4. The lowest BCUT2D eigenvalue weighted by Gasteiger charge is -2.25. The van der Waals surface area contributed by atoms with Crippen molar-refractivity contribution in [1.29, 1.82) is 0 Å². The average molecular weight is 392 g/mol. The van der Waals surface area contributed by atoms with E-state index in [1.807, 2.05) is 56.1 Å². The summed E-state index contributed by atoms with van der Waals surface area (Å²) in [5, 5.41) is 6.93. The standard InChI is InChI=1S/C21H24N6O2/c1-13(2)21-23-16(26-29-21)10-12-27(3)19-15-9-11-22-20(28)17(15)24-18(25-19)14-7-5-4-6-8-14/h4-8,13H,9-12H2,1-3H3,(H,22,28). The zero-order valence-corrected chi connectivity index (χ0v) is 16.8. The molecule has 0 bridgehead atoms. The van der Waals surface area contributed by atoms with Crippen molar-refractivity contribution in [1.82, 2.24) is 25.4 Å². The fraction of sp³-hybridized carbons (Fsp3) is 0.381. The predicted molar refractivity (Wildman–Crippen MR) is 109 cm³/mol. The summed E-state index contributed by atoms with van der Waals surface area (Å²) in [6.07, 6.45) is 1.33. The van der Waals surface area contributed by atoms with Crippen molar-refractivity contribution in [3.8, 4) is 11.4 Å². The molecule has 0 aliphatic carbocycles. The van der Waals surface area contributed by atoms with Gasteiger partial charge < -0.3 is 14.7 Å². The van der Waals surface area contributed by atoms with Crippen LogP contribution >= 0.6 is 0 Å². The molecule has 2 aromatic heterocycles. The van der Waals surface area contributed by atoms with E-state index in [2.05, 4.69) is 20.4 Å². The number of hydrogen-bond acceptors (Lipinski definition) is 7. The molecule has 0 fully saturated rings. The number of fused-ring (bicyclic) bond motifs is 1. The summed E-state index contributed by atoms with van der Waals surface area (Å²) in [7, 11) is 1.97. The first-order chi connectivity index (χ1) is 14.0. The summed E-state index contributed by atoms with van der Waals surface area (Å²) < 4.78 is 5.29. The summed E-state index contributed by atoms with van der Waals surface area (Å²) in [6, 6.07) is 9.70. The fourth-order valence-corrected chi connectivity index (χ4v) is 3.28. The molecule has 1 aliphatic rings. The van der Waals surface area contributed by atoms with Crippen molar-refractivity contribution in [3.63, 3.8) is 0 Å². The summed E-state index contributed by atoms with van der Waals surface area (Å²) >= 11 is 0. The van der Waals surface area contributed by atoms with E-state index in [0.717, 1.165) is 16.9 Å². The number of hydrogen-bond donors (Lipinski definition) is 1. The molecule has 3 aromatic rings. The number of nitrogens with zero attached hydrogens (tertiary/aromatic N) is 5. The van der Waals surface area contributed by atoms with Gasteiger partial charge in [0.05, 0.1) is 0 Å². The third-order valence-electron chi connectivity index (χ3n) is 4.90. The molecule has 1 amide bonds. The van der Waals surface area contributed by atoms with Crippen LogP contribution in [0, 0.1) is 0 Å². The second kappa shape index (κ2) is 7.98. The van der Waals surface area contributed by atoms with Crippen LogP contribution in [-0.4, -0.2) is 46.2 Å². The Morgan fingerprint density at radius 2 is 1.97 bits per heavy atom. The highest BCUT2D eigenvalue weighted by atomic mass is 16.5. The minimum atomic E-state index is -0.153. The lowest BCUT2D eigenvalue weighted by Crippen LogP contribution is -2.35. The maximum atomic E-state index is 12.4. The number of aromatic nitrogens is 4. The molecule has 3 heterocycles. The lowest BCUT2D eigenvalue weighted by molar-refractivity contribution is 0.0940. The van der Waals surface area contributed by atoms with Crippen molar-refractivity contribution in [2.45, 2.75) is 32.6 Å². The highest BCUT2D eigenvalue weighted by Crippen LogP contribution is 2.27. The van der Waals surface area contributed by atoms with E-state index >= 15 is 0 Å². The molecule has 0 saturated carbocycles. The minimum Gasteiger partial charge on any atom is -0.359 e. The Morgan fingerprint density at radius 3 is 2.69 bits per heavy atom. The van der Waals surface area contributed by atoms with Crippen LogP contribution in [0.3, 0.4) is 0 Å². The van der Waals surface area contributed by atoms with Crippen LogP contribution in [0.5, 0.6) is 0 Å². The van der Waals surface area contributed by atoms with Gasteiger partial charge in [-0.25, -0.2) is 9.97 Å². The summed E-state index contributed by atoms with van der Waals surface area (Å²) in [5.74, 6) is 2.69. The molecule has 0 radical (unpaired) electrons. The SMILES string of the molecule is CC(C)c1nc(CCN(C)c2nc(-c3ccccc3)nc3c2CCNC3=O)no1. The van der Waals surface area contributed by atoms with E-state index in [1.165, 1.54) is 0 Å². The van der Waals surface area contributed by atoms with Gasteiger partial charge in [0, 0.05) is 43.6 Å². The summed E-state index contributed by atoms with van der Waals surface area (Å²) in [6.45, 7) is 5.28. The zero-order valence-electron chi connectivity index (χ0n) is 16.8. The Hall–Kier alpha value is -3.29. The molecule has 1 aromatic carbocycles. The van der Waals surface area contributed by atoms with Gasteiger partial charge in [0.25, 0.3) is 5.91 Å². The van der Waals surface area contributed by atoms with Gasteiger partial charge >= 0.3 is 0 Å². The topological polar surface area (TPSA) is 97.0 Å². The predicted octanol–water partition coefficient (Wildman–Crippen LogP) is 2.61. The number of carbonyl (C=O) groups is 1. The van der Waals surface area contributed by atoms with Crippen LogP contribution in [-0.2, 0) is 12.8 Å². The molecule has 150 valence electrons. The quantitative estimate of drug-likeness (QED) is 0.689. The Labute approximate surface area is 169 Å². The second-order valence-electron chi connectivity index (χ2n) is 7.45. The smallest absolute Gasteiger partial charge is 0.270 e. The van der Waals surface area contributed by atoms with Crippen molar-refractivity contribution >= 4 is 11.7 Å². The van der Waals surface area contributed by atoms with Crippen molar-refractivity contribution in [2.75, 3.05) is 25.0 Å². The number of benzene rings is 1. The molecule has 0 atom stereocenters. The van der Waals surface area contributed by atoms with Crippen molar-refractivity contribution in [3.05, 3.63) is 53.3 Å². The van der Waals surface area contributed by atoms with Gasteiger partial charge in [0.2, 0.25) is 5.89 Å². The third kappa shape index (κ3) is 3.96. The number of nitrogens with one attached hydrogen (secondary N) is 1. The number of likely N-dealkylation sites (N-methyl/N-ethyl adjacent to an activating group) is 1. The highest BCUT2D eigenvalue weighted by Gasteiger charge is 2.26. The molecule has 1 N–H and O–H groups in total. The van der Waals surface area contributed by atoms with Gasteiger partial charge in [-0.3, -0.25) is 4.79 Å². The average Bonchev–Trinajstić information content (AvgIpc) is 3.22. The Bertz CT molecular complexity index is 1020. The molecule has 1 aliphatic heterocycles. The normalized spacial score (nSPS) is 13.3. The van der Waals surface area contributed by atoms with Gasteiger partial charge in [-0.2, -0.15) is 4.98 Å². The van der Waals surface area contributed by atoms with Crippen LogP contribution in [0.15, 0.2) is 34.9 Å². The van der Waals surface area contributed by atoms with Crippen molar-refractivity contribution < 1.29 is 9.32 Å². The molecule has 0 saturated heterocycles.